The summed E-state index contributed by atoms with van der Waals surface area (Å²) in [5.41, 5.74) is 7.06. The topological polar surface area (TPSA) is 39.2 Å². The zero-order valence-corrected chi connectivity index (χ0v) is 6.49. The van der Waals surface area contributed by atoms with Crippen LogP contribution in [0, 0.1) is 5.92 Å². The van der Waals surface area contributed by atoms with E-state index in [9.17, 15) is 0 Å². The lowest BCUT2D eigenvalue weighted by molar-refractivity contribution is 0.546. The summed E-state index contributed by atoms with van der Waals surface area (Å²) in [5, 5.41) is 0. The molecule has 2 heteroatoms. The van der Waals surface area contributed by atoms with Crippen molar-refractivity contribution in [2.24, 2.45) is 11.7 Å². The standard InChI is InChI=1S/C9H13NO/c10-9(5-7-1-2-7)8-3-4-11-6-8/h3-4,6-7,9H,1-2,5,10H2. The van der Waals surface area contributed by atoms with Gasteiger partial charge in [0.25, 0.3) is 0 Å². The summed E-state index contributed by atoms with van der Waals surface area (Å²) in [7, 11) is 0. The molecule has 0 aromatic carbocycles. The van der Waals surface area contributed by atoms with Gasteiger partial charge in [-0.2, -0.15) is 0 Å². The lowest BCUT2D eigenvalue weighted by Crippen LogP contribution is -2.09. The maximum absolute atomic E-state index is 5.92. The first kappa shape index (κ1) is 6.92. The van der Waals surface area contributed by atoms with Crippen molar-refractivity contribution in [1.29, 1.82) is 0 Å². The van der Waals surface area contributed by atoms with E-state index >= 15 is 0 Å². The highest BCUT2D eigenvalue weighted by Gasteiger charge is 2.24. The summed E-state index contributed by atoms with van der Waals surface area (Å²) < 4.78 is 4.96. The third-order valence-corrected chi connectivity index (χ3v) is 2.26. The van der Waals surface area contributed by atoms with Crippen LogP contribution in [0.1, 0.15) is 30.9 Å². The van der Waals surface area contributed by atoms with Crippen molar-refractivity contribution < 1.29 is 4.42 Å². The van der Waals surface area contributed by atoms with E-state index in [0.717, 1.165) is 17.9 Å². The largest absolute Gasteiger partial charge is 0.472 e. The number of furan rings is 1. The number of nitrogens with two attached hydrogens (primary N) is 1. The molecule has 1 atom stereocenters. The molecule has 0 saturated heterocycles. The molecule has 1 fully saturated rings. The van der Waals surface area contributed by atoms with E-state index in [2.05, 4.69) is 0 Å². The average Bonchev–Trinajstić information content (AvgIpc) is 2.67. The molecule has 1 unspecified atom stereocenters. The highest BCUT2D eigenvalue weighted by Crippen LogP contribution is 2.36. The van der Waals surface area contributed by atoms with E-state index in [1.807, 2.05) is 6.07 Å². The molecule has 0 amide bonds. The van der Waals surface area contributed by atoms with Crippen molar-refractivity contribution in [2.75, 3.05) is 0 Å². The van der Waals surface area contributed by atoms with Gasteiger partial charge in [0.05, 0.1) is 12.5 Å². The normalized spacial score (nSPS) is 20.1. The van der Waals surface area contributed by atoms with Gasteiger partial charge in [-0.25, -0.2) is 0 Å². The second-order valence-electron chi connectivity index (χ2n) is 3.34. The lowest BCUT2D eigenvalue weighted by Gasteiger charge is -2.06. The minimum absolute atomic E-state index is 0.196. The van der Waals surface area contributed by atoms with Crippen LogP contribution in [0.2, 0.25) is 0 Å². The van der Waals surface area contributed by atoms with Crippen LogP contribution in [0.5, 0.6) is 0 Å². The van der Waals surface area contributed by atoms with Crippen LogP contribution in [-0.2, 0) is 0 Å². The minimum atomic E-state index is 0.196. The summed E-state index contributed by atoms with van der Waals surface area (Å²) in [6.07, 6.45) is 7.28. The monoisotopic (exact) mass is 151 g/mol. The molecule has 2 rings (SSSR count). The van der Waals surface area contributed by atoms with Crippen LogP contribution in [0.15, 0.2) is 23.0 Å². The van der Waals surface area contributed by atoms with Crippen LogP contribution in [0.4, 0.5) is 0 Å². The Bertz CT molecular complexity index is 213. The van der Waals surface area contributed by atoms with Crippen molar-refractivity contribution in [3.63, 3.8) is 0 Å². The van der Waals surface area contributed by atoms with E-state index in [-0.39, 0.29) is 6.04 Å². The third-order valence-electron chi connectivity index (χ3n) is 2.26. The lowest BCUT2D eigenvalue weighted by atomic mass is 10.1. The van der Waals surface area contributed by atoms with E-state index in [0.29, 0.717) is 0 Å². The zero-order valence-electron chi connectivity index (χ0n) is 6.49. The fraction of sp³-hybridized carbons (Fsp3) is 0.556. The first-order chi connectivity index (χ1) is 5.36. The first-order valence-corrected chi connectivity index (χ1v) is 4.14. The Morgan fingerprint density at radius 2 is 2.45 bits per heavy atom. The van der Waals surface area contributed by atoms with E-state index in [1.54, 1.807) is 12.5 Å². The van der Waals surface area contributed by atoms with Crippen LogP contribution >= 0.6 is 0 Å². The molecule has 0 spiro atoms. The number of hydrogen-bond donors (Lipinski definition) is 1. The average molecular weight is 151 g/mol. The molecular formula is C9H13NO. The Morgan fingerprint density at radius 3 is 3.00 bits per heavy atom. The smallest absolute Gasteiger partial charge is 0.0950 e. The van der Waals surface area contributed by atoms with Gasteiger partial charge >= 0.3 is 0 Å². The Morgan fingerprint density at radius 1 is 1.64 bits per heavy atom. The van der Waals surface area contributed by atoms with Crippen molar-refractivity contribution in [3.05, 3.63) is 24.2 Å². The molecule has 1 saturated carbocycles. The molecular weight excluding hydrogens is 138 g/mol. The van der Waals surface area contributed by atoms with Gasteiger partial charge in [-0.15, -0.1) is 0 Å². The van der Waals surface area contributed by atoms with Gasteiger partial charge < -0.3 is 10.2 Å². The Hall–Kier alpha value is -0.760. The third kappa shape index (κ3) is 1.63. The highest BCUT2D eigenvalue weighted by molar-refractivity contribution is 5.11. The van der Waals surface area contributed by atoms with E-state index in [1.165, 1.54) is 12.8 Å². The Kier molecular flexibility index (Phi) is 1.70. The zero-order chi connectivity index (χ0) is 7.68. The van der Waals surface area contributed by atoms with Crippen LogP contribution in [0.3, 0.4) is 0 Å². The number of rotatable bonds is 3. The van der Waals surface area contributed by atoms with Crippen molar-refractivity contribution in [3.8, 4) is 0 Å². The summed E-state index contributed by atoms with van der Waals surface area (Å²) in [5.74, 6) is 0.889. The van der Waals surface area contributed by atoms with E-state index in [4.69, 9.17) is 10.2 Å². The van der Waals surface area contributed by atoms with Gasteiger partial charge in [0.15, 0.2) is 0 Å². The molecule has 0 radical (unpaired) electrons. The summed E-state index contributed by atoms with van der Waals surface area (Å²) in [6, 6.07) is 2.15. The fourth-order valence-corrected chi connectivity index (χ4v) is 1.33. The molecule has 1 aromatic heterocycles. The number of hydrogen-bond acceptors (Lipinski definition) is 2. The quantitative estimate of drug-likeness (QED) is 0.718. The maximum Gasteiger partial charge on any atom is 0.0950 e. The molecule has 2 nitrogen and oxygen atoms in total. The van der Waals surface area contributed by atoms with Gasteiger partial charge in [-0.3, -0.25) is 0 Å². The maximum atomic E-state index is 5.92. The van der Waals surface area contributed by atoms with Gasteiger partial charge in [-0.05, 0) is 18.4 Å². The molecule has 11 heavy (non-hydrogen) atoms. The highest BCUT2D eigenvalue weighted by atomic mass is 16.3. The van der Waals surface area contributed by atoms with Gasteiger partial charge in [0.1, 0.15) is 0 Å². The van der Waals surface area contributed by atoms with Crippen molar-refractivity contribution >= 4 is 0 Å². The Labute approximate surface area is 66.4 Å². The second kappa shape index (κ2) is 2.70. The van der Waals surface area contributed by atoms with Crippen LogP contribution in [0.25, 0.3) is 0 Å². The molecule has 1 heterocycles. The van der Waals surface area contributed by atoms with E-state index < -0.39 is 0 Å². The molecule has 60 valence electrons. The first-order valence-electron chi connectivity index (χ1n) is 4.14. The summed E-state index contributed by atoms with van der Waals surface area (Å²) >= 11 is 0. The van der Waals surface area contributed by atoms with Gasteiger partial charge in [0, 0.05) is 11.6 Å². The Balaban J connectivity index is 1.93. The molecule has 1 aliphatic carbocycles. The molecule has 1 aromatic rings. The SMILES string of the molecule is NC(CC1CC1)c1ccoc1. The summed E-state index contributed by atoms with van der Waals surface area (Å²) in [4.78, 5) is 0. The predicted molar refractivity (Wildman–Crippen MR) is 43.0 cm³/mol. The molecule has 0 aliphatic heterocycles. The fourth-order valence-electron chi connectivity index (χ4n) is 1.33. The predicted octanol–water partition coefficient (Wildman–Crippen LogP) is 2.08. The van der Waals surface area contributed by atoms with Crippen LogP contribution in [-0.4, -0.2) is 0 Å². The summed E-state index contributed by atoms with van der Waals surface area (Å²) in [6.45, 7) is 0. The van der Waals surface area contributed by atoms with Crippen molar-refractivity contribution in [1.82, 2.24) is 0 Å². The van der Waals surface area contributed by atoms with Crippen LogP contribution < -0.4 is 5.73 Å². The second-order valence-corrected chi connectivity index (χ2v) is 3.34. The van der Waals surface area contributed by atoms with Crippen molar-refractivity contribution in [2.45, 2.75) is 25.3 Å². The van der Waals surface area contributed by atoms with Gasteiger partial charge in [0.2, 0.25) is 0 Å². The molecule has 0 bridgehead atoms. The molecule has 1 aliphatic rings. The minimum Gasteiger partial charge on any atom is -0.472 e. The van der Waals surface area contributed by atoms with Gasteiger partial charge in [-0.1, -0.05) is 12.8 Å². The molecule has 2 N–H and O–H groups in total.